The molecule has 2 rings (SSSR count). The van der Waals surface area contributed by atoms with E-state index in [0.29, 0.717) is 22.7 Å². The highest BCUT2D eigenvalue weighted by Crippen LogP contribution is 2.26. The van der Waals surface area contributed by atoms with Crippen molar-refractivity contribution in [2.24, 2.45) is 0 Å². The van der Waals surface area contributed by atoms with Crippen molar-refractivity contribution in [2.75, 3.05) is 19.5 Å². The Bertz CT molecular complexity index is 716. The Kier molecular flexibility index (Phi) is 5.57. The van der Waals surface area contributed by atoms with Crippen molar-refractivity contribution in [2.45, 2.75) is 13.0 Å². The number of benzene rings is 2. The maximum absolute atomic E-state index is 13.3. The van der Waals surface area contributed by atoms with Crippen molar-refractivity contribution in [1.29, 1.82) is 0 Å². The third-order valence-electron chi connectivity index (χ3n) is 3.40. The van der Waals surface area contributed by atoms with Crippen LogP contribution in [-0.2, 0) is 0 Å². The van der Waals surface area contributed by atoms with Gasteiger partial charge in [-0.15, -0.1) is 0 Å². The number of rotatable bonds is 5. The number of urea groups is 1. The highest BCUT2D eigenvalue weighted by atomic mass is 19.2. The fourth-order valence-corrected chi connectivity index (χ4v) is 2.11. The van der Waals surface area contributed by atoms with Gasteiger partial charge in [0.1, 0.15) is 11.5 Å². The van der Waals surface area contributed by atoms with Gasteiger partial charge < -0.3 is 20.1 Å². The van der Waals surface area contributed by atoms with E-state index in [-0.39, 0.29) is 0 Å². The van der Waals surface area contributed by atoms with Gasteiger partial charge in [-0.05, 0) is 24.6 Å². The second-order valence-corrected chi connectivity index (χ2v) is 5.10. The predicted octanol–water partition coefficient (Wildman–Crippen LogP) is 3.86. The maximum atomic E-state index is 13.3. The summed E-state index contributed by atoms with van der Waals surface area (Å²) < 4.78 is 36.5. The molecule has 1 atom stereocenters. The van der Waals surface area contributed by atoms with Gasteiger partial charge in [-0.2, -0.15) is 0 Å². The second-order valence-electron chi connectivity index (χ2n) is 5.10. The third-order valence-corrected chi connectivity index (χ3v) is 3.40. The van der Waals surface area contributed by atoms with Gasteiger partial charge in [-0.25, -0.2) is 13.6 Å². The molecule has 0 heterocycles. The van der Waals surface area contributed by atoms with E-state index in [9.17, 15) is 13.6 Å². The lowest BCUT2D eigenvalue weighted by Gasteiger charge is -2.16. The van der Waals surface area contributed by atoms with E-state index in [4.69, 9.17) is 9.47 Å². The Balaban J connectivity index is 2.06. The topological polar surface area (TPSA) is 59.6 Å². The third kappa shape index (κ3) is 4.34. The zero-order chi connectivity index (χ0) is 17.7. The zero-order valence-corrected chi connectivity index (χ0v) is 13.5. The van der Waals surface area contributed by atoms with Gasteiger partial charge in [0.15, 0.2) is 11.6 Å². The van der Waals surface area contributed by atoms with Crippen LogP contribution in [0.5, 0.6) is 11.5 Å². The molecule has 0 saturated heterocycles. The van der Waals surface area contributed by atoms with Crippen LogP contribution in [-0.4, -0.2) is 20.3 Å². The Morgan fingerprint density at radius 3 is 2.17 bits per heavy atom. The van der Waals surface area contributed by atoms with Crippen LogP contribution in [0.1, 0.15) is 18.5 Å². The van der Waals surface area contributed by atoms with Crippen molar-refractivity contribution in [3.8, 4) is 11.5 Å². The first-order chi connectivity index (χ1) is 11.4. The van der Waals surface area contributed by atoms with Gasteiger partial charge in [-0.3, -0.25) is 0 Å². The summed E-state index contributed by atoms with van der Waals surface area (Å²) in [6.45, 7) is 1.67. The van der Waals surface area contributed by atoms with Crippen LogP contribution in [0.2, 0.25) is 0 Å². The summed E-state index contributed by atoms with van der Waals surface area (Å²) >= 11 is 0. The summed E-state index contributed by atoms with van der Waals surface area (Å²) in [5.74, 6) is -0.838. The van der Waals surface area contributed by atoms with E-state index >= 15 is 0 Å². The summed E-state index contributed by atoms with van der Waals surface area (Å²) in [5, 5.41) is 5.29. The van der Waals surface area contributed by atoms with E-state index in [2.05, 4.69) is 10.6 Å². The predicted molar refractivity (Wildman–Crippen MR) is 86.5 cm³/mol. The molecule has 128 valence electrons. The summed E-state index contributed by atoms with van der Waals surface area (Å²) in [6.07, 6.45) is 0. The standard InChI is InChI=1S/C17H18F2N2O3/c1-10(11-4-5-15(18)16(19)6-11)20-17(22)21-12-7-13(23-2)9-14(8-12)24-3/h4-10H,1-3H3,(H2,20,21,22)/t10-/m1/s1. The Hall–Kier alpha value is -2.83. The van der Waals surface area contributed by atoms with E-state index in [1.807, 2.05) is 0 Å². The zero-order valence-electron chi connectivity index (χ0n) is 13.5. The number of amides is 2. The van der Waals surface area contributed by atoms with Crippen LogP contribution in [0.4, 0.5) is 19.3 Å². The minimum absolute atomic E-state index is 0.451. The molecule has 2 aromatic carbocycles. The number of halogens is 2. The Morgan fingerprint density at radius 1 is 1.00 bits per heavy atom. The smallest absolute Gasteiger partial charge is 0.319 e. The van der Waals surface area contributed by atoms with Crippen LogP contribution in [0.3, 0.4) is 0 Å². The van der Waals surface area contributed by atoms with Gasteiger partial charge in [0.2, 0.25) is 0 Å². The molecule has 24 heavy (non-hydrogen) atoms. The Morgan fingerprint density at radius 2 is 1.62 bits per heavy atom. The lowest BCUT2D eigenvalue weighted by Crippen LogP contribution is -2.31. The molecule has 7 heteroatoms. The first-order valence-electron chi connectivity index (χ1n) is 7.18. The summed E-state index contributed by atoms with van der Waals surface area (Å²) in [7, 11) is 3.01. The number of nitrogens with one attached hydrogen (secondary N) is 2. The molecule has 0 aliphatic carbocycles. The molecule has 0 fully saturated rings. The molecule has 0 aliphatic heterocycles. The van der Waals surface area contributed by atoms with Crippen LogP contribution < -0.4 is 20.1 Å². The summed E-state index contributed by atoms with van der Waals surface area (Å²) in [4.78, 5) is 12.1. The van der Waals surface area contributed by atoms with Crippen LogP contribution in [0, 0.1) is 11.6 Å². The van der Waals surface area contributed by atoms with E-state index < -0.39 is 23.7 Å². The molecule has 2 N–H and O–H groups in total. The van der Waals surface area contributed by atoms with Crippen molar-refractivity contribution >= 4 is 11.7 Å². The largest absolute Gasteiger partial charge is 0.497 e. The molecule has 2 amide bonds. The van der Waals surface area contributed by atoms with Crippen LogP contribution >= 0.6 is 0 Å². The van der Waals surface area contributed by atoms with Gasteiger partial charge in [0, 0.05) is 23.9 Å². The number of hydrogen-bond donors (Lipinski definition) is 2. The quantitative estimate of drug-likeness (QED) is 0.871. The fraction of sp³-hybridized carbons (Fsp3) is 0.235. The van der Waals surface area contributed by atoms with Crippen molar-refractivity contribution < 1.29 is 23.0 Å². The van der Waals surface area contributed by atoms with Gasteiger partial charge in [0.05, 0.1) is 20.3 Å². The lowest BCUT2D eigenvalue weighted by atomic mass is 10.1. The van der Waals surface area contributed by atoms with E-state index in [1.165, 1.54) is 20.3 Å². The number of anilines is 1. The lowest BCUT2D eigenvalue weighted by molar-refractivity contribution is 0.249. The van der Waals surface area contributed by atoms with Crippen molar-refractivity contribution in [3.05, 3.63) is 53.6 Å². The van der Waals surface area contributed by atoms with Crippen LogP contribution in [0.15, 0.2) is 36.4 Å². The maximum Gasteiger partial charge on any atom is 0.319 e. The van der Waals surface area contributed by atoms with Gasteiger partial charge in [0.25, 0.3) is 0 Å². The molecular formula is C17H18F2N2O3. The Labute approximate surface area is 138 Å². The monoisotopic (exact) mass is 336 g/mol. The molecule has 0 radical (unpaired) electrons. The van der Waals surface area contributed by atoms with Gasteiger partial charge in [-0.1, -0.05) is 6.07 Å². The summed E-state index contributed by atoms with van der Waals surface area (Å²) in [6, 6.07) is 7.41. The number of ether oxygens (including phenoxy) is 2. The van der Waals surface area contributed by atoms with Gasteiger partial charge >= 0.3 is 6.03 Å². The highest BCUT2D eigenvalue weighted by molar-refractivity contribution is 5.90. The van der Waals surface area contributed by atoms with Crippen molar-refractivity contribution in [3.63, 3.8) is 0 Å². The second kappa shape index (κ2) is 7.63. The number of carbonyl (C=O) groups excluding carboxylic acids is 1. The molecular weight excluding hydrogens is 318 g/mol. The normalized spacial score (nSPS) is 11.5. The van der Waals surface area contributed by atoms with Crippen molar-refractivity contribution in [1.82, 2.24) is 5.32 Å². The number of carbonyl (C=O) groups is 1. The first-order valence-corrected chi connectivity index (χ1v) is 7.18. The SMILES string of the molecule is COc1cc(NC(=O)N[C@H](C)c2ccc(F)c(F)c2)cc(OC)c1. The molecule has 0 aliphatic rings. The molecule has 5 nitrogen and oxygen atoms in total. The first kappa shape index (κ1) is 17.5. The minimum atomic E-state index is -0.959. The highest BCUT2D eigenvalue weighted by Gasteiger charge is 2.13. The average molecular weight is 336 g/mol. The molecule has 0 saturated carbocycles. The molecule has 0 unspecified atom stereocenters. The fourth-order valence-electron chi connectivity index (χ4n) is 2.11. The molecule has 0 bridgehead atoms. The number of hydrogen-bond acceptors (Lipinski definition) is 3. The molecule has 0 spiro atoms. The average Bonchev–Trinajstić information content (AvgIpc) is 2.56. The molecule has 2 aromatic rings. The summed E-state index contributed by atoms with van der Waals surface area (Å²) in [5.41, 5.74) is 0.924. The molecule has 0 aromatic heterocycles. The van der Waals surface area contributed by atoms with E-state index in [0.717, 1.165) is 12.1 Å². The van der Waals surface area contributed by atoms with E-state index in [1.54, 1.807) is 25.1 Å². The number of methoxy groups -OCH3 is 2. The van der Waals surface area contributed by atoms with Crippen LogP contribution in [0.25, 0.3) is 0 Å². The minimum Gasteiger partial charge on any atom is -0.497 e.